The largest absolute Gasteiger partial charge is 0.377 e. The molecule has 2 saturated heterocycles. The maximum Gasteiger partial charge on any atom is 0.0711 e. The Hall–Kier alpha value is -0.0800. The van der Waals surface area contributed by atoms with Crippen molar-refractivity contribution in [2.75, 3.05) is 19.8 Å². The zero-order valence-corrected chi connectivity index (χ0v) is 13.2. The summed E-state index contributed by atoms with van der Waals surface area (Å²) in [7, 11) is 0. The van der Waals surface area contributed by atoms with Gasteiger partial charge in [0.1, 0.15) is 0 Å². The summed E-state index contributed by atoms with van der Waals surface area (Å²) in [4.78, 5) is 2.77. The SMILES string of the molecule is CC(C)N1CCC2CC(C)(C)CCCC2C12COC2. The molecule has 2 unspecified atom stereocenters. The molecule has 2 heterocycles. The Labute approximate surface area is 118 Å². The van der Waals surface area contributed by atoms with E-state index in [9.17, 15) is 0 Å². The summed E-state index contributed by atoms with van der Waals surface area (Å²) < 4.78 is 5.70. The summed E-state index contributed by atoms with van der Waals surface area (Å²) in [6.45, 7) is 13.0. The second-order valence-electron chi connectivity index (χ2n) is 8.30. The average Bonchev–Trinajstić information content (AvgIpc) is 2.41. The van der Waals surface area contributed by atoms with Crippen molar-refractivity contribution in [2.24, 2.45) is 17.3 Å². The summed E-state index contributed by atoms with van der Waals surface area (Å²) in [6.07, 6.45) is 7.11. The van der Waals surface area contributed by atoms with Crippen LogP contribution in [0.2, 0.25) is 0 Å². The standard InChI is InChI=1S/C17H31NO/c1-13(2)18-9-7-14-10-16(3,4)8-5-6-15(14)17(18)11-19-12-17/h13-15H,5-12H2,1-4H3. The fourth-order valence-corrected chi connectivity index (χ4v) is 5.21. The fraction of sp³-hybridized carbons (Fsp3) is 1.00. The van der Waals surface area contributed by atoms with Crippen LogP contribution in [0.4, 0.5) is 0 Å². The Morgan fingerprint density at radius 1 is 1.16 bits per heavy atom. The van der Waals surface area contributed by atoms with Gasteiger partial charge in [-0.2, -0.15) is 0 Å². The lowest BCUT2D eigenvalue weighted by atomic mass is 9.65. The lowest BCUT2D eigenvalue weighted by Gasteiger charge is -2.61. The number of nitrogens with zero attached hydrogens (tertiary/aromatic N) is 1. The monoisotopic (exact) mass is 265 g/mol. The third kappa shape index (κ3) is 2.25. The van der Waals surface area contributed by atoms with Crippen LogP contribution in [0.3, 0.4) is 0 Å². The third-order valence-corrected chi connectivity index (χ3v) is 6.08. The molecule has 2 heteroatoms. The van der Waals surface area contributed by atoms with Crippen molar-refractivity contribution in [1.82, 2.24) is 4.90 Å². The molecule has 0 amide bonds. The van der Waals surface area contributed by atoms with Crippen LogP contribution in [0.25, 0.3) is 0 Å². The van der Waals surface area contributed by atoms with E-state index in [0.717, 1.165) is 25.0 Å². The van der Waals surface area contributed by atoms with Crippen molar-refractivity contribution in [3.8, 4) is 0 Å². The number of hydrogen-bond donors (Lipinski definition) is 0. The fourth-order valence-electron chi connectivity index (χ4n) is 5.21. The first kappa shape index (κ1) is 13.9. The molecule has 2 nitrogen and oxygen atoms in total. The minimum Gasteiger partial charge on any atom is -0.377 e. The van der Waals surface area contributed by atoms with Crippen molar-refractivity contribution < 1.29 is 4.74 Å². The molecule has 19 heavy (non-hydrogen) atoms. The van der Waals surface area contributed by atoms with E-state index in [4.69, 9.17) is 4.74 Å². The van der Waals surface area contributed by atoms with Crippen molar-refractivity contribution in [3.63, 3.8) is 0 Å². The van der Waals surface area contributed by atoms with Crippen LogP contribution < -0.4 is 0 Å². The van der Waals surface area contributed by atoms with Crippen LogP contribution >= 0.6 is 0 Å². The van der Waals surface area contributed by atoms with Gasteiger partial charge in [0.2, 0.25) is 0 Å². The van der Waals surface area contributed by atoms with Crippen LogP contribution in [0.15, 0.2) is 0 Å². The van der Waals surface area contributed by atoms with Crippen LogP contribution in [-0.4, -0.2) is 36.2 Å². The third-order valence-electron chi connectivity index (χ3n) is 6.08. The number of fused-ring (bicyclic) bond motifs is 2. The number of piperidine rings is 1. The first-order valence-electron chi connectivity index (χ1n) is 8.29. The van der Waals surface area contributed by atoms with Crippen LogP contribution in [0.1, 0.15) is 59.8 Å². The van der Waals surface area contributed by atoms with E-state index < -0.39 is 0 Å². The molecular formula is C17H31NO. The highest BCUT2D eigenvalue weighted by molar-refractivity contribution is 5.08. The molecule has 0 bridgehead atoms. The molecular weight excluding hydrogens is 234 g/mol. The number of hydrogen-bond acceptors (Lipinski definition) is 2. The number of likely N-dealkylation sites (tertiary alicyclic amines) is 1. The highest BCUT2D eigenvalue weighted by Crippen LogP contribution is 2.51. The van der Waals surface area contributed by atoms with Gasteiger partial charge >= 0.3 is 0 Å². The zero-order valence-electron chi connectivity index (χ0n) is 13.2. The summed E-state index contributed by atoms with van der Waals surface area (Å²) >= 11 is 0. The Morgan fingerprint density at radius 2 is 1.89 bits per heavy atom. The van der Waals surface area contributed by atoms with E-state index in [2.05, 4.69) is 32.6 Å². The summed E-state index contributed by atoms with van der Waals surface area (Å²) in [5, 5.41) is 0. The predicted octanol–water partition coefficient (Wildman–Crippen LogP) is 3.70. The molecule has 3 rings (SSSR count). The van der Waals surface area contributed by atoms with Gasteiger partial charge in [0.25, 0.3) is 0 Å². The Bertz CT molecular complexity index is 332. The molecule has 0 aromatic carbocycles. The smallest absolute Gasteiger partial charge is 0.0711 e. The van der Waals surface area contributed by atoms with E-state index in [1.54, 1.807) is 0 Å². The van der Waals surface area contributed by atoms with Crippen LogP contribution in [0, 0.1) is 17.3 Å². The van der Waals surface area contributed by atoms with Crippen molar-refractivity contribution in [3.05, 3.63) is 0 Å². The average molecular weight is 265 g/mol. The predicted molar refractivity (Wildman–Crippen MR) is 79.2 cm³/mol. The maximum atomic E-state index is 5.70. The number of ether oxygens (including phenoxy) is 1. The van der Waals surface area contributed by atoms with E-state index >= 15 is 0 Å². The van der Waals surface area contributed by atoms with Gasteiger partial charge in [-0.15, -0.1) is 0 Å². The normalized spacial score (nSPS) is 37.7. The molecule has 1 spiro atoms. The van der Waals surface area contributed by atoms with Gasteiger partial charge in [-0.05, 0) is 63.3 Å². The molecule has 110 valence electrons. The second-order valence-corrected chi connectivity index (χ2v) is 8.30. The highest BCUT2D eigenvalue weighted by Gasteiger charge is 2.56. The molecule has 3 fully saturated rings. The zero-order chi connectivity index (χ0) is 13.7. The molecule has 0 aromatic rings. The van der Waals surface area contributed by atoms with E-state index in [0.29, 0.717) is 17.0 Å². The van der Waals surface area contributed by atoms with Crippen molar-refractivity contribution in [2.45, 2.75) is 71.4 Å². The maximum absolute atomic E-state index is 5.70. The quantitative estimate of drug-likeness (QED) is 0.717. The van der Waals surface area contributed by atoms with Gasteiger partial charge in [0.05, 0.1) is 18.8 Å². The molecule has 1 aliphatic carbocycles. The minimum atomic E-state index is 0.400. The lowest BCUT2D eigenvalue weighted by Crippen LogP contribution is -2.71. The molecule has 1 saturated carbocycles. The van der Waals surface area contributed by atoms with E-state index in [1.807, 2.05) is 0 Å². The van der Waals surface area contributed by atoms with Gasteiger partial charge in [0.15, 0.2) is 0 Å². The van der Waals surface area contributed by atoms with Gasteiger partial charge in [-0.25, -0.2) is 0 Å². The van der Waals surface area contributed by atoms with E-state index in [-0.39, 0.29) is 0 Å². The Kier molecular flexibility index (Phi) is 3.46. The van der Waals surface area contributed by atoms with Gasteiger partial charge in [0, 0.05) is 6.04 Å². The number of rotatable bonds is 1. The summed E-state index contributed by atoms with van der Waals surface area (Å²) in [5.41, 5.74) is 0.961. The van der Waals surface area contributed by atoms with Crippen molar-refractivity contribution >= 4 is 0 Å². The minimum absolute atomic E-state index is 0.400. The van der Waals surface area contributed by atoms with Crippen LogP contribution in [-0.2, 0) is 4.74 Å². The summed E-state index contributed by atoms with van der Waals surface area (Å²) in [6, 6.07) is 0.668. The Morgan fingerprint density at radius 3 is 2.47 bits per heavy atom. The molecule has 2 aliphatic heterocycles. The van der Waals surface area contributed by atoms with Gasteiger partial charge in [-0.3, -0.25) is 4.90 Å². The lowest BCUT2D eigenvalue weighted by molar-refractivity contribution is -0.208. The topological polar surface area (TPSA) is 12.5 Å². The first-order valence-corrected chi connectivity index (χ1v) is 8.29. The van der Waals surface area contributed by atoms with E-state index in [1.165, 1.54) is 38.6 Å². The van der Waals surface area contributed by atoms with Crippen molar-refractivity contribution in [1.29, 1.82) is 0 Å². The van der Waals surface area contributed by atoms with Gasteiger partial charge < -0.3 is 4.74 Å². The highest BCUT2D eigenvalue weighted by atomic mass is 16.5. The molecule has 3 aliphatic rings. The Balaban J connectivity index is 1.85. The molecule has 2 atom stereocenters. The molecule has 0 N–H and O–H groups in total. The summed E-state index contributed by atoms with van der Waals surface area (Å²) in [5.74, 6) is 1.83. The van der Waals surface area contributed by atoms with Crippen LogP contribution in [0.5, 0.6) is 0 Å². The molecule has 0 radical (unpaired) electrons. The second kappa shape index (κ2) is 4.73. The first-order chi connectivity index (χ1) is 8.95. The molecule has 0 aromatic heterocycles. The van der Waals surface area contributed by atoms with Gasteiger partial charge in [-0.1, -0.05) is 20.3 Å².